The molecule has 2 aromatic carbocycles. The largest absolute Gasteiger partial charge is 0.304 e. The van der Waals surface area contributed by atoms with Crippen molar-refractivity contribution in [1.82, 2.24) is 15.2 Å². The summed E-state index contributed by atoms with van der Waals surface area (Å²) in [5.41, 5.74) is 2.66. The van der Waals surface area contributed by atoms with Gasteiger partial charge in [-0.1, -0.05) is 38.1 Å². The first-order valence-electron chi connectivity index (χ1n) is 9.77. The number of hydrogen-bond acceptors (Lipinski definition) is 7. The molecule has 0 fully saturated rings. The van der Waals surface area contributed by atoms with Crippen LogP contribution in [0.15, 0.2) is 64.4 Å². The molecule has 2 aromatic rings. The lowest BCUT2D eigenvalue weighted by Crippen LogP contribution is -2.46. The molecule has 30 heavy (non-hydrogen) atoms. The van der Waals surface area contributed by atoms with Gasteiger partial charge in [0.15, 0.2) is 0 Å². The maximum absolute atomic E-state index is 12.6. The SMILES string of the molecule is CCN(CC)CC[C@H](CSc1ccccc1)NNS(=O)(=O)c1cccc([N+](=O)[O-])c1. The van der Waals surface area contributed by atoms with Gasteiger partial charge in [0.05, 0.1) is 9.82 Å². The lowest BCUT2D eigenvalue weighted by molar-refractivity contribution is -0.385. The summed E-state index contributed by atoms with van der Waals surface area (Å²) in [4.78, 5) is 16.0. The van der Waals surface area contributed by atoms with E-state index in [9.17, 15) is 18.5 Å². The maximum atomic E-state index is 12.6. The summed E-state index contributed by atoms with van der Waals surface area (Å²) >= 11 is 1.64. The van der Waals surface area contributed by atoms with Crippen molar-refractivity contribution in [2.24, 2.45) is 0 Å². The van der Waals surface area contributed by atoms with Crippen molar-refractivity contribution in [3.63, 3.8) is 0 Å². The van der Waals surface area contributed by atoms with Crippen LogP contribution in [0.25, 0.3) is 0 Å². The highest BCUT2D eigenvalue weighted by Crippen LogP contribution is 2.20. The highest BCUT2D eigenvalue weighted by molar-refractivity contribution is 7.99. The Hall–Kier alpha value is -1.98. The molecule has 0 aromatic heterocycles. The quantitative estimate of drug-likeness (QED) is 0.273. The third-order valence-corrected chi connectivity index (χ3v) is 7.05. The van der Waals surface area contributed by atoms with Crippen LogP contribution in [0.1, 0.15) is 20.3 Å². The van der Waals surface area contributed by atoms with Crippen molar-refractivity contribution in [1.29, 1.82) is 0 Å². The molecule has 0 aliphatic carbocycles. The van der Waals surface area contributed by atoms with Gasteiger partial charge >= 0.3 is 0 Å². The zero-order valence-electron chi connectivity index (χ0n) is 17.2. The molecule has 0 aliphatic rings. The van der Waals surface area contributed by atoms with Gasteiger partial charge in [-0.05, 0) is 44.3 Å². The fraction of sp³-hybridized carbons (Fsp3) is 0.400. The molecule has 2 rings (SSSR count). The van der Waals surface area contributed by atoms with Gasteiger partial charge in [0, 0.05) is 28.8 Å². The van der Waals surface area contributed by atoms with Crippen LogP contribution in [0, 0.1) is 10.1 Å². The first kappa shape index (κ1) is 24.3. The molecule has 0 radical (unpaired) electrons. The second-order valence-electron chi connectivity index (χ2n) is 6.64. The minimum atomic E-state index is -3.93. The van der Waals surface area contributed by atoms with Crippen molar-refractivity contribution >= 4 is 27.5 Å². The highest BCUT2D eigenvalue weighted by atomic mass is 32.2. The van der Waals surface area contributed by atoms with Crippen LogP contribution < -0.4 is 10.3 Å². The Labute approximate surface area is 182 Å². The molecule has 0 unspecified atom stereocenters. The summed E-state index contributed by atoms with van der Waals surface area (Å²) in [7, 11) is -3.93. The van der Waals surface area contributed by atoms with Crippen molar-refractivity contribution in [3.8, 4) is 0 Å². The summed E-state index contributed by atoms with van der Waals surface area (Å²) in [5, 5.41) is 10.9. The molecule has 164 valence electrons. The Morgan fingerprint density at radius 2 is 1.80 bits per heavy atom. The smallest absolute Gasteiger partial charge is 0.270 e. The van der Waals surface area contributed by atoms with E-state index in [0.29, 0.717) is 5.75 Å². The van der Waals surface area contributed by atoms with E-state index in [0.717, 1.165) is 37.0 Å². The zero-order chi connectivity index (χ0) is 22.0. The predicted molar refractivity (Wildman–Crippen MR) is 120 cm³/mol. The van der Waals surface area contributed by atoms with Gasteiger partial charge in [-0.2, -0.15) is 0 Å². The van der Waals surface area contributed by atoms with E-state index < -0.39 is 14.9 Å². The molecular formula is C20H28N4O4S2. The summed E-state index contributed by atoms with van der Waals surface area (Å²) in [6, 6.07) is 14.8. The average molecular weight is 453 g/mol. The number of nitrogens with zero attached hydrogens (tertiary/aromatic N) is 2. The van der Waals surface area contributed by atoms with Crippen molar-refractivity contribution < 1.29 is 13.3 Å². The number of non-ortho nitro benzene ring substituents is 1. The van der Waals surface area contributed by atoms with Crippen LogP contribution >= 0.6 is 11.8 Å². The molecule has 8 nitrogen and oxygen atoms in total. The summed E-state index contributed by atoms with van der Waals surface area (Å²) in [6.07, 6.45) is 0.749. The number of nitro benzene ring substituents is 1. The Kier molecular flexibility index (Phi) is 9.73. The Morgan fingerprint density at radius 1 is 1.10 bits per heavy atom. The van der Waals surface area contributed by atoms with E-state index in [1.807, 2.05) is 30.3 Å². The highest BCUT2D eigenvalue weighted by Gasteiger charge is 2.20. The number of rotatable bonds is 13. The molecule has 0 spiro atoms. The Bertz CT molecular complexity index is 906. The minimum Gasteiger partial charge on any atom is -0.304 e. The second-order valence-corrected chi connectivity index (χ2v) is 9.42. The molecule has 2 N–H and O–H groups in total. The van der Waals surface area contributed by atoms with Gasteiger partial charge in [-0.3, -0.25) is 10.1 Å². The lowest BCUT2D eigenvalue weighted by Gasteiger charge is -2.23. The van der Waals surface area contributed by atoms with Gasteiger partial charge in [0.25, 0.3) is 15.7 Å². The normalized spacial score (nSPS) is 12.8. The standard InChI is InChI=1S/C20H28N4O4S2/c1-3-23(4-2)14-13-17(16-29-19-10-6-5-7-11-19)21-22-30(27,28)20-12-8-9-18(15-20)24(25)26/h5-12,15,17,21-22H,3-4,13-14,16H2,1-2H3/t17-/m1/s1. The lowest BCUT2D eigenvalue weighted by atomic mass is 10.2. The van der Waals surface area contributed by atoms with E-state index in [1.165, 1.54) is 18.2 Å². The predicted octanol–water partition coefficient (Wildman–Crippen LogP) is 3.27. The second kappa shape index (κ2) is 12.0. The molecule has 0 bridgehead atoms. The monoisotopic (exact) mass is 452 g/mol. The number of nitro groups is 1. The van der Waals surface area contributed by atoms with E-state index in [4.69, 9.17) is 0 Å². The van der Waals surface area contributed by atoms with Crippen LogP contribution in [0.4, 0.5) is 5.69 Å². The third-order valence-electron chi connectivity index (χ3n) is 4.62. The van der Waals surface area contributed by atoms with E-state index in [-0.39, 0.29) is 16.6 Å². The average Bonchev–Trinajstić information content (AvgIpc) is 2.76. The summed E-state index contributed by atoms with van der Waals surface area (Å²) in [6.45, 7) is 6.87. The molecule has 1 atom stereocenters. The van der Waals surface area contributed by atoms with Crippen LogP contribution in [-0.4, -0.2) is 49.7 Å². The molecule has 0 heterocycles. The Balaban J connectivity index is 2.05. The number of nitrogens with one attached hydrogen (secondary N) is 2. The number of hydrazine groups is 1. The van der Waals surface area contributed by atoms with Gasteiger partial charge in [-0.25, -0.2) is 13.8 Å². The van der Waals surface area contributed by atoms with Crippen molar-refractivity contribution in [3.05, 3.63) is 64.7 Å². The van der Waals surface area contributed by atoms with Gasteiger partial charge in [0.1, 0.15) is 0 Å². The molecule has 10 heteroatoms. The topological polar surface area (TPSA) is 105 Å². The summed E-state index contributed by atoms with van der Waals surface area (Å²) in [5.74, 6) is 0.669. The number of hydrogen-bond donors (Lipinski definition) is 2. The van der Waals surface area contributed by atoms with E-state index in [1.54, 1.807) is 11.8 Å². The van der Waals surface area contributed by atoms with Crippen LogP contribution in [-0.2, 0) is 10.0 Å². The fourth-order valence-electron chi connectivity index (χ4n) is 2.77. The maximum Gasteiger partial charge on any atom is 0.270 e. The minimum absolute atomic E-state index is 0.121. The van der Waals surface area contributed by atoms with Crippen molar-refractivity contribution in [2.75, 3.05) is 25.4 Å². The van der Waals surface area contributed by atoms with Crippen molar-refractivity contribution in [2.45, 2.75) is 36.1 Å². The van der Waals surface area contributed by atoms with Gasteiger partial charge < -0.3 is 4.90 Å². The van der Waals surface area contributed by atoms with Gasteiger partial charge in [-0.15, -0.1) is 16.6 Å². The van der Waals surface area contributed by atoms with E-state index >= 15 is 0 Å². The zero-order valence-corrected chi connectivity index (χ0v) is 18.8. The molecule has 0 saturated heterocycles. The first-order valence-corrected chi connectivity index (χ1v) is 12.2. The molecule has 0 saturated carbocycles. The molecule has 0 amide bonds. The van der Waals surface area contributed by atoms with Crippen LogP contribution in [0.3, 0.4) is 0 Å². The molecular weight excluding hydrogens is 424 g/mol. The number of thioether (sulfide) groups is 1. The number of sulfonamides is 1. The third kappa shape index (κ3) is 7.69. The first-order chi connectivity index (χ1) is 14.4. The van der Waals surface area contributed by atoms with Crippen LogP contribution in [0.2, 0.25) is 0 Å². The van der Waals surface area contributed by atoms with Crippen LogP contribution in [0.5, 0.6) is 0 Å². The Morgan fingerprint density at radius 3 is 2.43 bits per heavy atom. The fourth-order valence-corrected chi connectivity index (χ4v) is 4.74. The number of benzene rings is 2. The molecule has 0 aliphatic heterocycles. The van der Waals surface area contributed by atoms with Gasteiger partial charge in [0.2, 0.25) is 0 Å². The van der Waals surface area contributed by atoms with E-state index in [2.05, 4.69) is 29.0 Å². The summed E-state index contributed by atoms with van der Waals surface area (Å²) < 4.78 is 25.2.